The summed E-state index contributed by atoms with van der Waals surface area (Å²) in [5, 5.41) is 8.74. The molecule has 0 spiro atoms. The van der Waals surface area contributed by atoms with Crippen LogP contribution in [0, 0.1) is 17.4 Å². The number of nitrogens with zero attached hydrogens (tertiary/aromatic N) is 1. The molecule has 0 amide bonds. The highest BCUT2D eigenvalue weighted by atomic mass is 79.9. The average molecular weight is 288 g/mol. The maximum atomic E-state index is 8.74. The van der Waals surface area contributed by atoms with E-state index in [1.807, 2.05) is 6.07 Å². The zero-order valence-corrected chi connectivity index (χ0v) is 9.39. The van der Waals surface area contributed by atoms with Gasteiger partial charge in [-0.2, -0.15) is 5.26 Å². The predicted molar refractivity (Wildman–Crippen MR) is 55.3 cm³/mol. The zero-order valence-electron chi connectivity index (χ0n) is 6.22. The van der Waals surface area contributed by atoms with Crippen molar-refractivity contribution in [2.45, 2.75) is 10.2 Å². The molecule has 1 rings (SSSR count). The van der Waals surface area contributed by atoms with Crippen molar-refractivity contribution < 1.29 is 0 Å². The number of halogens is 2. The van der Waals surface area contributed by atoms with E-state index >= 15 is 0 Å². The molecular formula is C9H6Br2N. The molecule has 0 heterocycles. The SMILES string of the molecule is N#Cc1cc[c]cc1CC(Br)Br. The lowest BCUT2D eigenvalue weighted by molar-refractivity contribution is 1.12. The molecule has 0 unspecified atom stereocenters. The zero-order chi connectivity index (χ0) is 8.97. The summed E-state index contributed by atoms with van der Waals surface area (Å²) in [6.07, 6.45) is 0.792. The van der Waals surface area contributed by atoms with E-state index in [2.05, 4.69) is 44.0 Å². The van der Waals surface area contributed by atoms with Gasteiger partial charge in [0.15, 0.2) is 0 Å². The van der Waals surface area contributed by atoms with Crippen molar-refractivity contribution in [1.29, 1.82) is 5.26 Å². The van der Waals surface area contributed by atoms with E-state index in [1.54, 1.807) is 12.1 Å². The molecule has 1 aromatic rings. The van der Waals surface area contributed by atoms with E-state index in [1.165, 1.54) is 0 Å². The van der Waals surface area contributed by atoms with Crippen LogP contribution in [0.25, 0.3) is 0 Å². The second-order valence-corrected chi connectivity index (χ2v) is 5.73. The molecule has 0 N–H and O–H groups in total. The van der Waals surface area contributed by atoms with Crippen LogP contribution in [0.2, 0.25) is 0 Å². The van der Waals surface area contributed by atoms with Gasteiger partial charge in [-0.3, -0.25) is 0 Å². The molecule has 0 fully saturated rings. The number of benzene rings is 1. The number of rotatable bonds is 2. The molecule has 0 saturated carbocycles. The van der Waals surface area contributed by atoms with Gasteiger partial charge in [-0.1, -0.05) is 37.9 Å². The van der Waals surface area contributed by atoms with Crippen molar-refractivity contribution in [1.82, 2.24) is 0 Å². The molecule has 12 heavy (non-hydrogen) atoms. The third kappa shape index (κ3) is 2.62. The highest BCUT2D eigenvalue weighted by Gasteiger charge is 2.04. The number of nitriles is 1. The fourth-order valence-electron chi connectivity index (χ4n) is 0.909. The fraction of sp³-hybridized carbons (Fsp3) is 0.222. The first-order valence-corrected chi connectivity index (χ1v) is 5.24. The Bertz CT molecular complexity index is 302. The molecule has 0 aliphatic heterocycles. The molecule has 0 bridgehead atoms. The minimum Gasteiger partial charge on any atom is -0.192 e. The first kappa shape index (κ1) is 9.76. The van der Waals surface area contributed by atoms with Crippen molar-refractivity contribution >= 4 is 31.9 Å². The van der Waals surface area contributed by atoms with Gasteiger partial charge in [0, 0.05) is 0 Å². The van der Waals surface area contributed by atoms with Crippen LogP contribution in [-0.4, -0.2) is 3.74 Å². The fourth-order valence-corrected chi connectivity index (χ4v) is 1.61. The topological polar surface area (TPSA) is 23.8 Å². The third-order valence-electron chi connectivity index (χ3n) is 1.44. The van der Waals surface area contributed by atoms with Gasteiger partial charge in [0.05, 0.1) is 15.4 Å². The van der Waals surface area contributed by atoms with E-state index in [0.29, 0.717) is 0 Å². The van der Waals surface area contributed by atoms with Crippen molar-refractivity contribution in [3.63, 3.8) is 0 Å². The van der Waals surface area contributed by atoms with Crippen LogP contribution < -0.4 is 0 Å². The molecule has 61 valence electrons. The van der Waals surface area contributed by atoms with E-state index in [4.69, 9.17) is 5.26 Å². The van der Waals surface area contributed by atoms with Gasteiger partial charge in [-0.25, -0.2) is 0 Å². The maximum absolute atomic E-state index is 8.74. The second kappa shape index (κ2) is 4.64. The van der Waals surface area contributed by atoms with Gasteiger partial charge in [-0.15, -0.1) is 0 Å². The first-order valence-electron chi connectivity index (χ1n) is 3.41. The van der Waals surface area contributed by atoms with Crippen LogP contribution in [-0.2, 0) is 6.42 Å². The Morgan fingerprint density at radius 3 is 2.92 bits per heavy atom. The van der Waals surface area contributed by atoms with Gasteiger partial charge in [-0.05, 0) is 30.2 Å². The van der Waals surface area contributed by atoms with Crippen LogP contribution in [0.4, 0.5) is 0 Å². The summed E-state index contributed by atoms with van der Waals surface area (Å²) in [5.74, 6) is 0. The van der Waals surface area contributed by atoms with Gasteiger partial charge < -0.3 is 0 Å². The van der Waals surface area contributed by atoms with Crippen LogP contribution in [0.15, 0.2) is 18.2 Å². The van der Waals surface area contributed by atoms with Crippen LogP contribution in [0.3, 0.4) is 0 Å². The minimum absolute atomic E-state index is 0.216. The standard InChI is InChI=1S/C9H6Br2N/c10-9(11)5-7-3-1-2-4-8(7)6-12/h2-4,9H,5H2. The quantitative estimate of drug-likeness (QED) is 0.767. The normalized spacial score (nSPS) is 9.83. The summed E-state index contributed by atoms with van der Waals surface area (Å²) >= 11 is 6.74. The van der Waals surface area contributed by atoms with Crippen LogP contribution >= 0.6 is 31.9 Å². The largest absolute Gasteiger partial charge is 0.192 e. The van der Waals surface area contributed by atoms with Crippen molar-refractivity contribution in [2.24, 2.45) is 0 Å². The second-order valence-electron chi connectivity index (χ2n) is 2.29. The summed E-state index contributed by atoms with van der Waals surface area (Å²) in [4.78, 5) is 0. The summed E-state index contributed by atoms with van der Waals surface area (Å²) in [5.41, 5.74) is 1.73. The molecule has 3 heteroatoms. The summed E-state index contributed by atoms with van der Waals surface area (Å²) in [6.45, 7) is 0. The highest BCUT2D eigenvalue weighted by molar-refractivity contribution is 9.24. The molecule has 0 aliphatic carbocycles. The lowest BCUT2D eigenvalue weighted by Gasteiger charge is -2.02. The van der Waals surface area contributed by atoms with Crippen molar-refractivity contribution in [3.05, 3.63) is 35.4 Å². The lowest BCUT2D eigenvalue weighted by Crippen LogP contribution is -1.95. The molecule has 1 nitrogen and oxygen atoms in total. The van der Waals surface area contributed by atoms with Crippen LogP contribution in [0.5, 0.6) is 0 Å². The van der Waals surface area contributed by atoms with E-state index in [9.17, 15) is 0 Å². The Morgan fingerprint density at radius 1 is 1.58 bits per heavy atom. The van der Waals surface area contributed by atoms with Gasteiger partial charge >= 0.3 is 0 Å². The highest BCUT2D eigenvalue weighted by Crippen LogP contribution is 2.17. The Hall–Kier alpha value is -0.330. The molecule has 1 aromatic carbocycles. The van der Waals surface area contributed by atoms with E-state index in [-0.39, 0.29) is 3.74 Å². The first-order chi connectivity index (χ1) is 5.74. The Labute approximate surface area is 88.7 Å². The minimum atomic E-state index is 0.216. The number of hydrogen-bond donors (Lipinski definition) is 0. The molecule has 0 atom stereocenters. The molecule has 0 saturated heterocycles. The number of hydrogen-bond acceptors (Lipinski definition) is 1. The smallest absolute Gasteiger partial charge is 0.0994 e. The van der Waals surface area contributed by atoms with Crippen molar-refractivity contribution in [2.75, 3.05) is 0 Å². The monoisotopic (exact) mass is 286 g/mol. The average Bonchev–Trinajstić information content (AvgIpc) is 2.04. The molecule has 1 radical (unpaired) electrons. The van der Waals surface area contributed by atoms with Crippen molar-refractivity contribution in [3.8, 4) is 6.07 Å². The predicted octanol–water partition coefficient (Wildman–Crippen LogP) is 3.02. The lowest BCUT2D eigenvalue weighted by atomic mass is 10.1. The Balaban J connectivity index is 2.91. The van der Waals surface area contributed by atoms with Gasteiger partial charge in [0.2, 0.25) is 0 Å². The summed E-state index contributed by atoms with van der Waals surface area (Å²) in [7, 11) is 0. The molecule has 0 aromatic heterocycles. The third-order valence-corrected chi connectivity index (χ3v) is 2.09. The number of alkyl halides is 2. The summed E-state index contributed by atoms with van der Waals surface area (Å²) in [6, 6.07) is 10.5. The van der Waals surface area contributed by atoms with E-state index in [0.717, 1.165) is 17.5 Å². The van der Waals surface area contributed by atoms with Crippen LogP contribution in [0.1, 0.15) is 11.1 Å². The van der Waals surface area contributed by atoms with Gasteiger partial charge in [0.1, 0.15) is 0 Å². The molecule has 0 aliphatic rings. The Morgan fingerprint density at radius 2 is 2.33 bits per heavy atom. The molecular weight excluding hydrogens is 282 g/mol. The maximum Gasteiger partial charge on any atom is 0.0994 e. The summed E-state index contributed by atoms with van der Waals surface area (Å²) < 4.78 is 0.216. The van der Waals surface area contributed by atoms with E-state index < -0.39 is 0 Å². The Kier molecular flexibility index (Phi) is 3.77. The van der Waals surface area contributed by atoms with Gasteiger partial charge in [0.25, 0.3) is 0 Å².